The largest absolute Gasteiger partial charge is 0.501 e. The van der Waals surface area contributed by atoms with Crippen LogP contribution in [0.15, 0.2) is 5.57 Å². The molecule has 0 bridgehead atoms. The smallest absolute Gasteiger partial charge is 0 e. The van der Waals surface area contributed by atoms with Crippen molar-refractivity contribution in [3.05, 3.63) is 17.6 Å². The van der Waals surface area contributed by atoms with Gasteiger partial charge in [0.2, 0.25) is 0 Å². The molecule has 23 heavy (non-hydrogen) atoms. The minimum absolute atomic E-state index is 0. The summed E-state index contributed by atoms with van der Waals surface area (Å²) >= 11 is 6.08. The van der Waals surface area contributed by atoms with Crippen LogP contribution in [0.5, 0.6) is 0 Å². The molecule has 0 rings (SSSR count). The van der Waals surface area contributed by atoms with Crippen molar-refractivity contribution in [3.8, 4) is 0 Å². The van der Waals surface area contributed by atoms with Gasteiger partial charge in [-0.05, 0) is 24.3 Å². The number of hydrogen-bond acceptors (Lipinski definition) is 2. The van der Waals surface area contributed by atoms with Crippen LogP contribution < -0.4 is 0 Å². The Balaban J connectivity index is -0.0000000767. The maximum Gasteiger partial charge on any atom is 0 e. The molecule has 2 radical (unpaired) electrons. The topological polar surface area (TPSA) is 0 Å². The van der Waals surface area contributed by atoms with E-state index in [4.69, 9.17) is 0 Å². The van der Waals surface area contributed by atoms with Crippen LogP contribution in [-0.2, 0) is 65.4 Å². The second kappa shape index (κ2) is 26.9. The molecule has 0 aliphatic carbocycles. The van der Waals surface area contributed by atoms with Gasteiger partial charge in [-0.15, -0.1) is 4.75 Å². The molecule has 0 aromatic heterocycles. The minimum Gasteiger partial charge on any atom is -0.501 e. The molecule has 0 atom stereocenters. The molecule has 0 aromatic carbocycles. The zero-order valence-corrected chi connectivity index (χ0v) is 24.6. The van der Waals surface area contributed by atoms with Gasteiger partial charge in [0.15, 0.2) is 0 Å². The fourth-order valence-electron chi connectivity index (χ4n) is 0.774. The molecule has 0 unspecified atom stereocenters. The molecule has 136 valence electrons. The number of rotatable bonds is 7. The molecule has 0 aliphatic heterocycles. The van der Waals surface area contributed by atoms with Gasteiger partial charge >= 0.3 is 0 Å². The van der Waals surface area contributed by atoms with E-state index in [0.29, 0.717) is 4.75 Å². The number of allylic oxidation sites excluding steroid dienone is 2. The summed E-state index contributed by atoms with van der Waals surface area (Å²) in [5.74, 6) is 3.86. The normalized spacial score (nSPS) is 9.35. The third-order valence-electron chi connectivity index (χ3n) is 3.18. The van der Waals surface area contributed by atoms with Crippen LogP contribution in [0.1, 0.15) is 88.0 Å². The van der Waals surface area contributed by atoms with Crippen molar-refractivity contribution >= 4 is 24.4 Å². The quantitative estimate of drug-likeness (QED) is 0.212. The zero-order chi connectivity index (χ0) is 17.3. The van der Waals surface area contributed by atoms with Crippen molar-refractivity contribution in [2.24, 2.45) is 0 Å². The summed E-state index contributed by atoms with van der Waals surface area (Å²) in [6.07, 6.45) is 8.12. The fourth-order valence-corrected chi connectivity index (χ4v) is 2.32. The van der Waals surface area contributed by atoms with Gasteiger partial charge in [-0.25, -0.2) is 0 Å². The number of thioether (sulfide) groups is 1. The van der Waals surface area contributed by atoms with Gasteiger partial charge in [0, 0.05) is 65.4 Å². The van der Waals surface area contributed by atoms with E-state index in [9.17, 15) is 0 Å². The number of thiol groups is 1. The number of unbranched alkanes of at least 4 members (excludes halogenated alkanes) is 2. The summed E-state index contributed by atoms with van der Waals surface area (Å²) in [6.45, 7) is 19.4. The summed E-state index contributed by atoms with van der Waals surface area (Å²) < 4.78 is 0.384. The molecule has 0 fully saturated rings. The van der Waals surface area contributed by atoms with E-state index in [1.54, 1.807) is 0 Å². The van der Waals surface area contributed by atoms with Crippen molar-refractivity contribution < 1.29 is 65.4 Å². The summed E-state index contributed by atoms with van der Waals surface area (Å²) in [5.41, 5.74) is 1.25. The van der Waals surface area contributed by atoms with E-state index >= 15 is 0 Å². The van der Waals surface area contributed by atoms with Gasteiger partial charge in [0.1, 0.15) is 0 Å². The molecule has 0 amide bonds. The summed E-state index contributed by atoms with van der Waals surface area (Å²) in [4.78, 5) is 0. The molecule has 0 saturated carbocycles. The Morgan fingerprint density at radius 3 is 1.61 bits per heavy atom. The van der Waals surface area contributed by atoms with E-state index in [0.717, 1.165) is 5.75 Å². The summed E-state index contributed by atoms with van der Waals surface area (Å²) in [7, 11) is 0. The average Bonchev–Trinajstić information content (AvgIpc) is 2.41. The van der Waals surface area contributed by atoms with Crippen LogP contribution in [0.2, 0.25) is 0 Å². The number of hydrogen-bond donors (Lipinski definition) is 1. The molecule has 0 aliphatic rings. The second-order valence-electron chi connectivity index (χ2n) is 6.04. The van der Waals surface area contributed by atoms with Crippen molar-refractivity contribution in [3.63, 3.8) is 0 Å². The summed E-state index contributed by atoms with van der Waals surface area (Å²) in [5, 5.41) is 0. The van der Waals surface area contributed by atoms with E-state index in [1.165, 1.54) is 42.9 Å². The fraction of sp³-hybridized carbons (Fsp3) is 0.842. The first kappa shape index (κ1) is 36.5. The van der Waals surface area contributed by atoms with Crippen molar-refractivity contribution in [1.82, 2.24) is 0 Å². The van der Waals surface area contributed by atoms with Crippen LogP contribution in [0.4, 0.5) is 0 Å². The van der Waals surface area contributed by atoms with Crippen LogP contribution in [0.25, 0.3) is 0 Å². The predicted octanol–water partition coefficient (Wildman–Crippen LogP) is 7.40. The molecule has 0 heterocycles. The first-order chi connectivity index (χ1) is 9.69. The Hall–Kier alpha value is 2.65. The average molecular weight is 510 g/mol. The SMILES string of the molecule is CCCCS.CCCCSC(C)(C)[C-](C)C.C[C-]=C(C)C.[Y].[Y]. The molecule has 0 aromatic rings. The first-order valence-corrected chi connectivity index (χ1v) is 9.84. The first-order valence-electron chi connectivity index (χ1n) is 8.22. The van der Waals surface area contributed by atoms with Crippen LogP contribution in [0.3, 0.4) is 0 Å². The van der Waals surface area contributed by atoms with Gasteiger partial charge in [0.05, 0.1) is 0 Å². The van der Waals surface area contributed by atoms with Crippen molar-refractivity contribution in [2.75, 3.05) is 11.5 Å². The molecular formula is C19H40S2Y2-2. The van der Waals surface area contributed by atoms with Crippen LogP contribution in [-0.4, -0.2) is 16.3 Å². The second-order valence-corrected chi connectivity index (χ2v) is 8.20. The molecule has 4 heteroatoms. The Bertz CT molecular complexity index is 221. The van der Waals surface area contributed by atoms with Crippen molar-refractivity contribution in [1.29, 1.82) is 0 Å². The van der Waals surface area contributed by atoms with Gasteiger partial charge in [-0.1, -0.05) is 54.4 Å². The van der Waals surface area contributed by atoms with E-state index < -0.39 is 0 Å². The summed E-state index contributed by atoms with van der Waals surface area (Å²) in [6, 6.07) is 0. The molecule has 0 nitrogen and oxygen atoms in total. The van der Waals surface area contributed by atoms with E-state index in [-0.39, 0.29) is 65.4 Å². The van der Waals surface area contributed by atoms with Gasteiger partial charge in [-0.3, -0.25) is 5.57 Å². The molecule has 0 saturated heterocycles. The Labute approximate surface area is 209 Å². The molecular weight excluding hydrogens is 470 g/mol. The Morgan fingerprint density at radius 2 is 1.43 bits per heavy atom. The van der Waals surface area contributed by atoms with E-state index in [1.807, 2.05) is 20.8 Å². The van der Waals surface area contributed by atoms with Gasteiger partial charge in [0.25, 0.3) is 0 Å². The Morgan fingerprint density at radius 1 is 1.04 bits per heavy atom. The monoisotopic (exact) mass is 510 g/mol. The third-order valence-corrected chi connectivity index (χ3v) is 5.12. The van der Waals surface area contributed by atoms with Crippen molar-refractivity contribution in [2.45, 2.75) is 92.7 Å². The molecule has 0 spiro atoms. The maximum atomic E-state index is 4.00. The van der Waals surface area contributed by atoms with E-state index in [2.05, 4.69) is 72.0 Å². The standard InChI is InChI=1S/C10H21S.C5H9.C4H10S.2Y/c1-6-7-8-11-10(4,5)9(2)3;1-4-5(2)3;1-2-3-4-5;;/h6-8H2,1-5H3;1-3H3;5H,2-4H2,1H3;;/q2*-1;;;. The zero-order valence-electron chi connectivity index (χ0n) is 17.3. The third kappa shape index (κ3) is 36.4. The van der Waals surface area contributed by atoms with Gasteiger partial charge < -0.3 is 12.0 Å². The maximum absolute atomic E-state index is 4.00. The molecule has 0 N–H and O–H groups in total. The van der Waals surface area contributed by atoms with Gasteiger partial charge in [-0.2, -0.15) is 45.2 Å². The van der Waals surface area contributed by atoms with Crippen LogP contribution in [0, 0.1) is 12.0 Å². The predicted molar refractivity (Wildman–Crippen MR) is 109 cm³/mol. The minimum atomic E-state index is 0. The van der Waals surface area contributed by atoms with Crippen LogP contribution >= 0.6 is 24.4 Å². The Kier molecular flexibility index (Phi) is 42.7.